The lowest BCUT2D eigenvalue weighted by atomic mass is 9.92. The second kappa shape index (κ2) is 4.22. The monoisotopic (exact) mass is 153 g/mol. The van der Waals surface area contributed by atoms with Gasteiger partial charge in [-0.3, -0.25) is 0 Å². The van der Waals surface area contributed by atoms with Crippen LogP contribution >= 0.6 is 0 Å². The van der Waals surface area contributed by atoms with Crippen LogP contribution in [-0.2, 0) is 0 Å². The Labute approximate surface area is 70.2 Å². The Morgan fingerprint density at radius 1 is 1.18 bits per heavy atom. The summed E-state index contributed by atoms with van der Waals surface area (Å²) in [6.07, 6.45) is 6.07. The van der Waals surface area contributed by atoms with Crippen molar-refractivity contribution in [2.24, 2.45) is 5.41 Å². The molecule has 0 spiro atoms. The zero-order chi connectivity index (χ0) is 8.91. The Hall–Kier alpha value is -0.720. The van der Waals surface area contributed by atoms with Crippen LogP contribution in [-0.4, -0.2) is 0 Å². The third-order valence-electron chi connectivity index (χ3n) is 1.50. The Morgan fingerprint density at radius 2 is 1.73 bits per heavy atom. The zero-order valence-corrected chi connectivity index (χ0v) is 8.23. The number of hydrogen-bond donors (Lipinski definition) is 1. The van der Waals surface area contributed by atoms with E-state index in [0.29, 0.717) is 0 Å². The van der Waals surface area contributed by atoms with Gasteiger partial charge >= 0.3 is 0 Å². The summed E-state index contributed by atoms with van der Waals surface area (Å²) in [6.45, 7) is 10.6. The highest BCUT2D eigenvalue weighted by Crippen LogP contribution is 2.22. The lowest BCUT2D eigenvalue weighted by molar-refractivity contribution is 0.477. The maximum atomic E-state index is 3.24. The Bertz CT molecular complexity index is 158. The van der Waals surface area contributed by atoms with Gasteiger partial charge in [0, 0.05) is 11.1 Å². The molecule has 0 aliphatic carbocycles. The Balaban J connectivity index is 4.21. The van der Waals surface area contributed by atoms with Crippen molar-refractivity contribution in [3.05, 3.63) is 24.0 Å². The van der Waals surface area contributed by atoms with Crippen molar-refractivity contribution < 1.29 is 0 Å². The highest BCUT2D eigenvalue weighted by Gasteiger charge is 2.14. The number of rotatable bonds is 2. The molecule has 0 saturated heterocycles. The van der Waals surface area contributed by atoms with Crippen LogP contribution in [0.4, 0.5) is 0 Å². The van der Waals surface area contributed by atoms with E-state index in [0.717, 1.165) is 0 Å². The highest BCUT2D eigenvalue weighted by atomic mass is 14.9. The summed E-state index contributed by atoms with van der Waals surface area (Å²) in [4.78, 5) is 0. The molecule has 0 radical (unpaired) electrons. The molecular formula is C10H19N. The van der Waals surface area contributed by atoms with Crippen LogP contribution in [0.15, 0.2) is 24.0 Å². The fourth-order valence-electron chi connectivity index (χ4n) is 0.906. The first-order chi connectivity index (χ1) is 5.02. The third-order valence-corrected chi connectivity index (χ3v) is 1.50. The van der Waals surface area contributed by atoms with E-state index < -0.39 is 0 Å². The smallest absolute Gasteiger partial charge is 0.0157 e. The van der Waals surface area contributed by atoms with Gasteiger partial charge in [-0.2, -0.15) is 0 Å². The van der Waals surface area contributed by atoms with Gasteiger partial charge in [-0.25, -0.2) is 0 Å². The molecule has 0 aliphatic heterocycles. The molecular weight excluding hydrogens is 134 g/mol. The predicted molar refractivity (Wildman–Crippen MR) is 51.2 cm³/mol. The molecule has 1 nitrogen and oxygen atoms in total. The molecule has 0 rings (SSSR count). The standard InChI is InChI=1S/C10H19N/c1-6-8-11-9(7-2)10(3,4)5/h6-8,11H,1-5H3/b8-6-,9-7+. The molecule has 11 heavy (non-hydrogen) atoms. The van der Waals surface area contributed by atoms with Gasteiger partial charge < -0.3 is 5.32 Å². The summed E-state index contributed by atoms with van der Waals surface area (Å²) in [5.74, 6) is 0. The fourth-order valence-corrected chi connectivity index (χ4v) is 0.906. The zero-order valence-electron chi connectivity index (χ0n) is 8.23. The summed E-state index contributed by atoms with van der Waals surface area (Å²) >= 11 is 0. The van der Waals surface area contributed by atoms with Crippen LogP contribution in [0.2, 0.25) is 0 Å². The third kappa shape index (κ3) is 3.87. The van der Waals surface area contributed by atoms with Gasteiger partial charge in [-0.15, -0.1) is 0 Å². The largest absolute Gasteiger partial charge is 0.365 e. The lowest BCUT2D eigenvalue weighted by Gasteiger charge is -2.22. The molecule has 0 amide bonds. The van der Waals surface area contributed by atoms with Gasteiger partial charge in [0.2, 0.25) is 0 Å². The highest BCUT2D eigenvalue weighted by molar-refractivity contribution is 5.09. The van der Waals surface area contributed by atoms with E-state index in [1.54, 1.807) is 0 Å². The first-order valence-electron chi connectivity index (χ1n) is 4.07. The SMILES string of the molecule is C/C=C\N/C(=C/C)C(C)(C)C. The molecule has 0 heterocycles. The van der Waals surface area contributed by atoms with Crippen LogP contribution in [0.25, 0.3) is 0 Å². The summed E-state index contributed by atoms with van der Waals surface area (Å²) in [7, 11) is 0. The Morgan fingerprint density at radius 3 is 2.00 bits per heavy atom. The molecule has 1 heteroatoms. The average Bonchev–Trinajstić information content (AvgIpc) is 1.87. The van der Waals surface area contributed by atoms with Crippen LogP contribution in [0.1, 0.15) is 34.6 Å². The molecule has 1 N–H and O–H groups in total. The fraction of sp³-hybridized carbons (Fsp3) is 0.600. The predicted octanol–water partition coefficient (Wildman–Crippen LogP) is 3.06. The van der Waals surface area contributed by atoms with Gasteiger partial charge in [-0.1, -0.05) is 32.9 Å². The van der Waals surface area contributed by atoms with E-state index in [9.17, 15) is 0 Å². The normalized spacial score (nSPS) is 14.1. The summed E-state index contributed by atoms with van der Waals surface area (Å²) in [6, 6.07) is 0. The van der Waals surface area contributed by atoms with Crippen molar-refractivity contribution in [1.82, 2.24) is 5.32 Å². The number of hydrogen-bond acceptors (Lipinski definition) is 1. The maximum absolute atomic E-state index is 3.24. The number of nitrogens with one attached hydrogen (secondary N) is 1. The molecule has 0 unspecified atom stereocenters. The minimum absolute atomic E-state index is 0.217. The van der Waals surface area contributed by atoms with Gasteiger partial charge in [0.25, 0.3) is 0 Å². The minimum Gasteiger partial charge on any atom is -0.365 e. The molecule has 0 aliphatic rings. The molecule has 0 aromatic rings. The first kappa shape index (κ1) is 10.3. The van der Waals surface area contributed by atoms with E-state index in [4.69, 9.17) is 0 Å². The van der Waals surface area contributed by atoms with Gasteiger partial charge in [0.15, 0.2) is 0 Å². The summed E-state index contributed by atoms with van der Waals surface area (Å²) in [5, 5.41) is 3.24. The quantitative estimate of drug-likeness (QED) is 0.643. The lowest BCUT2D eigenvalue weighted by Crippen LogP contribution is -2.19. The van der Waals surface area contributed by atoms with Crippen molar-refractivity contribution in [3.8, 4) is 0 Å². The molecule has 0 saturated carbocycles. The number of allylic oxidation sites excluding steroid dienone is 3. The molecule has 64 valence electrons. The summed E-state index contributed by atoms with van der Waals surface area (Å²) < 4.78 is 0. The molecule has 0 bridgehead atoms. The molecule has 0 aromatic heterocycles. The van der Waals surface area contributed by atoms with Crippen LogP contribution in [0, 0.1) is 5.41 Å². The van der Waals surface area contributed by atoms with Crippen molar-refractivity contribution in [1.29, 1.82) is 0 Å². The van der Waals surface area contributed by atoms with E-state index in [1.807, 2.05) is 19.2 Å². The van der Waals surface area contributed by atoms with E-state index >= 15 is 0 Å². The molecule has 0 fully saturated rings. The van der Waals surface area contributed by atoms with E-state index in [1.165, 1.54) is 5.70 Å². The van der Waals surface area contributed by atoms with Gasteiger partial charge in [0.1, 0.15) is 0 Å². The van der Waals surface area contributed by atoms with Crippen molar-refractivity contribution >= 4 is 0 Å². The average molecular weight is 153 g/mol. The Kier molecular flexibility index (Phi) is 3.94. The summed E-state index contributed by atoms with van der Waals surface area (Å²) in [5.41, 5.74) is 1.48. The van der Waals surface area contributed by atoms with Crippen molar-refractivity contribution in [3.63, 3.8) is 0 Å². The molecule has 0 atom stereocenters. The van der Waals surface area contributed by atoms with Crippen LogP contribution in [0.3, 0.4) is 0 Å². The second-order valence-corrected chi connectivity index (χ2v) is 3.60. The van der Waals surface area contributed by atoms with Crippen molar-refractivity contribution in [2.45, 2.75) is 34.6 Å². The second-order valence-electron chi connectivity index (χ2n) is 3.60. The maximum Gasteiger partial charge on any atom is 0.0157 e. The van der Waals surface area contributed by atoms with Gasteiger partial charge in [0.05, 0.1) is 0 Å². The van der Waals surface area contributed by atoms with Crippen LogP contribution < -0.4 is 5.32 Å². The van der Waals surface area contributed by atoms with Crippen molar-refractivity contribution in [2.75, 3.05) is 0 Å². The van der Waals surface area contributed by atoms with E-state index in [-0.39, 0.29) is 5.41 Å². The molecule has 0 aromatic carbocycles. The topological polar surface area (TPSA) is 12.0 Å². The first-order valence-corrected chi connectivity index (χ1v) is 4.07. The minimum atomic E-state index is 0.217. The van der Waals surface area contributed by atoms with Gasteiger partial charge in [-0.05, 0) is 20.0 Å². The van der Waals surface area contributed by atoms with Crippen LogP contribution in [0.5, 0.6) is 0 Å². The van der Waals surface area contributed by atoms with E-state index in [2.05, 4.69) is 39.1 Å².